The molecule has 2 N–H and O–H groups in total. The first-order valence-corrected chi connectivity index (χ1v) is 9.88. The van der Waals surface area contributed by atoms with Gasteiger partial charge in [0, 0.05) is 12.1 Å². The van der Waals surface area contributed by atoms with Crippen LogP contribution in [0.4, 0.5) is 0 Å². The first-order chi connectivity index (χ1) is 13.5. The lowest BCUT2D eigenvalue weighted by Gasteiger charge is -2.16. The van der Waals surface area contributed by atoms with E-state index in [-0.39, 0.29) is 11.8 Å². The number of halogens is 1. The maximum absolute atomic E-state index is 12.5. The lowest BCUT2D eigenvalue weighted by Crippen LogP contribution is -2.45. The predicted octanol–water partition coefficient (Wildman–Crippen LogP) is 3.68. The van der Waals surface area contributed by atoms with Gasteiger partial charge in [-0.15, -0.1) is 0 Å². The molecule has 7 heteroatoms. The summed E-state index contributed by atoms with van der Waals surface area (Å²) in [4.78, 5) is 24.5. The lowest BCUT2D eigenvalue weighted by molar-refractivity contribution is -0.122. The average molecular weight is 449 g/mol. The molecule has 2 amide bonds. The second-order valence-corrected chi connectivity index (χ2v) is 7.10. The Balaban J connectivity index is 2.10. The molecule has 0 aromatic heterocycles. The third kappa shape index (κ3) is 5.99. The van der Waals surface area contributed by atoms with Crippen molar-refractivity contribution in [2.75, 3.05) is 13.7 Å². The Morgan fingerprint density at radius 2 is 1.89 bits per heavy atom. The van der Waals surface area contributed by atoms with Crippen LogP contribution in [0.15, 0.2) is 46.9 Å². The van der Waals surface area contributed by atoms with Crippen molar-refractivity contribution >= 4 is 27.7 Å². The molecule has 6 nitrogen and oxygen atoms in total. The number of rotatable bonds is 9. The fourth-order valence-corrected chi connectivity index (χ4v) is 3.02. The molecule has 2 aromatic carbocycles. The molecule has 2 aromatic rings. The van der Waals surface area contributed by atoms with Crippen molar-refractivity contribution in [3.63, 3.8) is 0 Å². The average Bonchev–Trinajstić information content (AvgIpc) is 2.71. The second kappa shape index (κ2) is 10.7. The molecule has 0 saturated heterocycles. The number of amides is 2. The molecule has 0 radical (unpaired) electrons. The number of carbonyl (C=O) groups excluding carboxylic acids is 2. The Bertz CT molecular complexity index is 812. The summed E-state index contributed by atoms with van der Waals surface area (Å²) in [6, 6.07) is 12.4. The molecule has 2 rings (SSSR count). The normalized spacial score (nSPS) is 11.4. The monoisotopic (exact) mass is 448 g/mol. The molecule has 28 heavy (non-hydrogen) atoms. The zero-order chi connectivity index (χ0) is 20.5. The largest absolute Gasteiger partial charge is 0.493 e. The van der Waals surface area contributed by atoms with Crippen LogP contribution in [0.2, 0.25) is 0 Å². The molecule has 150 valence electrons. The Hall–Kier alpha value is -2.54. The highest BCUT2D eigenvalue weighted by Crippen LogP contribution is 2.37. The van der Waals surface area contributed by atoms with Crippen LogP contribution in [-0.4, -0.2) is 31.5 Å². The molecule has 0 aliphatic rings. The van der Waals surface area contributed by atoms with E-state index in [9.17, 15) is 9.59 Å². The van der Waals surface area contributed by atoms with Gasteiger partial charge in [0.2, 0.25) is 5.91 Å². The molecular formula is C21H25BrN2O4. The number of nitrogens with one attached hydrogen (secondary N) is 2. The third-order valence-corrected chi connectivity index (χ3v) is 4.60. The van der Waals surface area contributed by atoms with Crippen LogP contribution in [0.1, 0.15) is 36.2 Å². The van der Waals surface area contributed by atoms with Gasteiger partial charge in [-0.25, -0.2) is 0 Å². The molecule has 0 spiro atoms. The lowest BCUT2D eigenvalue weighted by atomic mass is 10.1. The summed E-state index contributed by atoms with van der Waals surface area (Å²) in [5, 5.41) is 5.45. The highest BCUT2D eigenvalue weighted by molar-refractivity contribution is 9.10. The molecule has 0 heterocycles. The van der Waals surface area contributed by atoms with Crippen LogP contribution in [0.25, 0.3) is 0 Å². The van der Waals surface area contributed by atoms with Gasteiger partial charge in [0.15, 0.2) is 11.5 Å². The van der Waals surface area contributed by atoms with E-state index < -0.39 is 6.04 Å². The van der Waals surface area contributed by atoms with E-state index in [0.29, 0.717) is 34.7 Å². The Morgan fingerprint density at radius 1 is 1.18 bits per heavy atom. The SMILES string of the molecule is CCCNC(=O)C(C)NC(=O)c1cc(Br)c(OCc2ccccc2)c(OC)c1. The van der Waals surface area contributed by atoms with E-state index in [1.54, 1.807) is 19.1 Å². The third-order valence-electron chi connectivity index (χ3n) is 4.01. The van der Waals surface area contributed by atoms with E-state index in [1.165, 1.54) is 7.11 Å². The Morgan fingerprint density at radius 3 is 2.54 bits per heavy atom. The summed E-state index contributed by atoms with van der Waals surface area (Å²) in [6.45, 7) is 4.56. The van der Waals surface area contributed by atoms with Crippen molar-refractivity contribution in [1.82, 2.24) is 10.6 Å². The van der Waals surface area contributed by atoms with Crippen molar-refractivity contribution in [2.24, 2.45) is 0 Å². The van der Waals surface area contributed by atoms with E-state index in [1.807, 2.05) is 37.3 Å². The van der Waals surface area contributed by atoms with Gasteiger partial charge in [-0.1, -0.05) is 37.3 Å². The number of benzene rings is 2. The van der Waals surface area contributed by atoms with E-state index in [2.05, 4.69) is 26.6 Å². The quantitative estimate of drug-likeness (QED) is 0.613. The van der Waals surface area contributed by atoms with Gasteiger partial charge < -0.3 is 20.1 Å². The van der Waals surface area contributed by atoms with Crippen molar-refractivity contribution in [3.05, 3.63) is 58.1 Å². The molecule has 1 unspecified atom stereocenters. The van der Waals surface area contributed by atoms with Gasteiger partial charge >= 0.3 is 0 Å². The van der Waals surface area contributed by atoms with E-state index in [4.69, 9.17) is 9.47 Å². The summed E-state index contributed by atoms with van der Waals surface area (Å²) >= 11 is 3.45. The number of ether oxygens (including phenoxy) is 2. The summed E-state index contributed by atoms with van der Waals surface area (Å²) in [6.07, 6.45) is 0.834. The highest BCUT2D eigenvalue weighted by Gasteiger charge is 2.19. The van der Waals surface area contributed by atoms with Gasteiger partial charge in [0.25, 0.3) is 5.91 Å². The number of methoxy groups -OCH3 is 1. The standard InChI is InChI=1S/C21H25BrN2O4/c1-4-10-23-20(25)14(2)24-21(26)16-11-17(22)19(18(12-16)27-3)28-13-15-8-6-5-7-9-15/h5-9,11-12,14H,4,10,13H2,1-3H3,(H,23,25)(H,24,26). The smallest absolute Gasteiger partial charge is 0.252 e. The first kappa shape index (κ1) is 21.8. The van der Waals surface area contributed by atoms with Crippen LogP contribution < -0.4 is 20.1 Å². The van der Waals surface area contributed by atoms with Crippen LogP contribution in [-0.2, 0) is 11.4 Å². The minimum absolute atomic E-state index is 0.218. The summed E-state index contributed by atoms with van der Waals surface area (Å²) < 4.78 is 11.9. The van der Waals surface area contributed by atoms with Gasteiger partial charge in [-0.2, -0.15) is 0 Å². The molecule has 0 saturated carbocycles. The van der Waals surface area contributed by atoms with Crippen molar-refractivity contribution in [1.29, 1.82) is 0 Å². The van der Waals surface area contributed by atoms with Gasteiger partial charge in [-0.05, 0) is 47.0 Å². The van der Waals surface area contributed by atoms with Crippen LogP contribution >= 0.6 is 15.9 Å². The Labute approximate surface area is 173 Å². The van der Waals surface area contributed by atoms with E-state index in [0.717, 1.165) is 12.0 Å². The maximum Gasteiger partial charge on any atom is 0.252 e. The Kier molecular flexibility index (Phi) is 8.32. The van der Waals surface area contributed by atoms with Crippen molar-refractivity contribution < 1.29 is 19.1 Å². The fraction of sp³-hybridized carbons (Fsp3) is 0.333. The predicted molar refractivity (Wildman–Crippen MR) is 112 cm³/mol. The molecule has 0 aliphatic heterocycles. The first-order valence-electron chi connectivity index (χ1n) is 9.09. The molecule has 0 aliphatic carbocycles. The van der Waals surface area contributed by atoms with Crippen LogP contribution in [0.5, 0.6) is 11.5 Å². The molecule has 1 atom stereocenters. The molecule has 0 fully saturated rings. The number of carbonyl (C=O) groups is 2. The van der Waals surface area contributed by atoms with Gasteiger partial charge in [0.05, 0.1) is 11.6 Å². The molecule has 0 bridgehead atoms. The number of hydrogen-bond acceptors (Lipinski definition) is 4. The van der Waals surface area contributed by atoms with Crippen LogP contribution in [0.3, 0.4) is 0 Å². The van der Waals surface area contributed by atoms with Crippen molar-refractivity contribution in [3.8, 4) is 11.5 Å². The summed E-state index contributed by atoms with van der Waals surface area (Å²) in [7, 11) is 1.51. The van der Waals surface area contributed by atoms with E-state index >= 15 is 0 Å². The zero-order valence-electron chi connectivity index (χ0n) is 16.3. The minimum Gasteiger partial charge on any atom is -0.493 e. The summed E-state index contributed by atoms with van der Waals surface area (Å²) in [5.41, 5.74) is 1.39. The number of hydrogen-bond donors (Lipinski definition) is 2. The molecular weight excluding hydrogens is 424 g/mol. The minimum atomic E-state index is -0.641. The van der Waals surface area contributed by atoms with Gasteiger partial charge in [-0.3, -0.25) is 9.59 Å². The zero-order valence-corrected chi connectivity index (χ0v) is 17.8. The summed E-state index contributed by atoms with van der Waals surface area (Å²) in [5.74, 6) is 0.354. The van der Waals surface area contributed by atoms with Crippen LogP contribution in [0, 0.1) is 0 Å². The van der Waals surface area contributed by atoms with Gasteiger partial charge in [0.1, 0.15) is 12.6 Å². The maximum atomic E-state index is 12.5. The highest BCUT2D eigenvalue weighted by atomic mass is 79.9. The van der Waals surface area contributed by atoms with Crippen molar-refractivity contribution in [2.45, 2.75) is 32.9 Å². The topological polar surface area (TPSA) is 76.7 Å². The fourth-order valence-electron chi connectivity index (χ4n) is 2.47. The second-order valence-electron chi connectivity index (χ2n) is 6.25.